The second-order valence-corrected chi connectivity index (χ2v) is 9.75. The number of alkyl halides is 3. The van der Waals surface area contributed by atoms with E-state index in [4.69, 9.17) is 4.74 Å². The van der Waals surface area contributed by atoms with Crippen LogP contribution in [0.4, 0.5) is 30.2 Å². The van der Waals surface area contributed by atoms with Gasteiger partial charge in [-0.25, -0.2) is 4.99 Å². The third kappa shape index (κ3) is 5.60. The summed E-state index contributed by atoms with van der Waals surface area (Å²) in [5.41, 5.74) is 1.16. The first-order valence-electron chi connectivity index (χ1n) is 13.0. The number of hydrogen-bond donors (Lipinski definition) is 0. The van der Waals surface area contributed by atoms with Crippen molar-refractivity contribution in [1.82, 2.24) is 4.90 Å². The van der Waals surface area contributed by atoms with Gasteiger partial charge in [0.05, 0.1) is 29.2 Å². The fraction of sp³-hybridized carbons (Fsp3) is 0.333. The summed E-state index contributed by atoms with van der Waals surface area (Å²) < 4.78 is 45.6. The number of benzene rings is 3. The number of halogens is 3. The molecular formula is C30H30F3N3O2. The van der Waals surface area contributed by atoms with Crippen molar-refractivity contribution in [3.8, 4) is 5.75 Å². The van der Waals surface area contributed by atoms with Crippen molar-refractivity contribution in [3.05, 3.63) is 83.9 Å². The van der Waals surface area contributed by atoms with Gasteiger partial charge in [0.25, 0.3) is 5.91 Å². The zero-order chi connectivity index (χ0) is 26.7. The van der Waals surface area contributed by atoms with Crippen LogP contribution in [0.15, 0.2) is 77.8 Å². The zero-order valence-corrected chi connectivity index (χ0v) is 21.2. The molecule has 198 valence electrons. The Labute approximate surface area is 220 Å². The van der Waals surface area contributed by atoms with Crippen molar-refractivity contribution in [2.24, 2.45) is 4.99 Å². The summed E-state index contributed by atoms with van der Waals surface area (Å²) >= 11 is 0. The summed E-state index contributed by atoms with van der Waals surface area (Å²) in [7, 11) is 0. The molecule has 1 fully saturated rings. The average molecular weight is 522 g/mol. The summed E-state index contributed by atoms with van der Waals surface area (Å²) in [6, 6.07) is 19.7. The van der Waals surface area contributed by atoms with Crippen LogP contribution in [0, 0.1) is 0 Å². The molecule has 0 bridgehead atoms. The number of fused-ring (bicyclic) bond motifs is 1. The molecule has 8 heteroatoms. The lowest BCUT2D eigenvalue weighted by Gasteiger charge is -2.33. The number of carbonyl (C=O) groups is 1. The van der Waals surface area contributed by atoms with Gasteiger partial charge in [-0.1, -0.05) is 36.8 Å². The first-order valence-corrected chi connectivity index (χ1v) is 13.0. The molecular weight excluding hydrogens is 491 g/mol. The van der Waals surface area contributed by atoms with E-state index in [9.17, 15) is 18.0 Å². The van der Waals surface area contributed by atoms with Crippen LogP contribution in [-0.4, -0.2) is 42.3 Å². The maximum absolute atomic E-state index is 13.6. The van der Waals surface area contributed by atoms with Crippen molar-refractivity contribution in [1.29, 1.82) is 0 Å². The van der Waals surface area contributed by atoms with Crippen molar-refractivity contribution in [3.63, 3.8) is 0 Å². The van der Waals surface area contributed by atoms with E-state index in [-0.39, 0.29) is 11.4 Å². The van der Waals surface area contributed by atoms with Gasteiger partial charge in [0.1, 0.15) is 11.5 Å². The molecule has 2 aliphatic heterocycles. The third-order valence-corrected chi connectivity index (χ3v) is 7.09. The fourth-order valence-corrected chi connectivity index (χ4v) is 5.10. The highest BCUT2D eigenvalue weighted by Gasteiger charge is 2.35. The summed E-state index contributed by atoms with van der Waals surface area (Å²) in [6.45, 7) is 4.98. The van der Waals surface area contributed by atoms with Gasteiger partial charge in [0.15, 0.2) is 0 Å². The second-order valence-electron chi connectivity index (χ2n) is 9.75. The molecule has 38 heavy (non-hydrogen) atoms. The number of amides is 1. The molecule has 0 saturated carbocycles. The molecule has 1 unspecified atom stereocenters. The maximum Gasteiger partial charge on any atom is 0.416 e. The minimum absolute atomic E-state index is 0.0694. The lowest BCUT2D eigenvalue weighted by molar-refractivity contribution is -0.137. The predicted molar refractivity (Wildman–Crippen MR) is 143 cm³/mol. The van der Waals surface area contributed by atoms with Crippen molar-refractivity contribution in [2.75, 3.05) is 24.6 Å². The summed E-state index contributed by atoms with van der Waals surface area (Å²) in [6.07, 6.45) is 0.205. The molecule has 2 aliphatic rings. The smallest absolute Gasteiger partial charge is 0.416 e. The number of aliphatic imine (C=N–C) groups is 1. The van der Waals surface area contributed by atoms with Gasteiger partial charge >= 0.3 is 6.18 Å². The van der Waals surface area contributed by atoms with Crippen LogP contribution in [0.5, 0.6) is 5.75 Å². The first-order chi connectivity index (χ1) is 18.3. The van der Waals surface area contributed by atoms with Crippen molar-refractivity contribution < 1.29 is 22.7 Å². The number of hydrogen-bond acceptors (Lipinski definition) is 4. The molecule has 1 atom stereocenters. The fourth-order valence-electron chi connectivity index (χ4n) is 5.10. The largest absolute Gasteiger partial charge is 0.493 e. The Kier molecular flexibility index (Phi) is 7.51. The first kappa shape index (κ1) is 26.0. The quantitative estimate of drug-likeness (QED) is 0.310. The number of nitrogens with zero attached hydrogens (tertiary/aromatic N) is 3. The van der Waals surface area contributed by atoms with Gasteiger partial charge in [-0.05, 0) is 69.1 Å². The molecule has 2 heterocycles. The van der Waals surface area contributed by atoms with Crippen molar-refractivity contribution >= 4 is 28.7 Å². The predicted octanol–water partition coefficient (Wildman–Crippen LogP) is 7.15. The normalized spacial score (nSPS) is 19.2. The van der Waals surface area contributed by atoms with E-state index in [0.29, 0.717) is 35.3 Å². The number of para-hydroxylation sites is 1. The van der Waals surface area contributed by atoms with Gasteiger partial charge in [-0.3, -0.25) is 9.69 Å². The Hall–Kier alpha value is -3.65. The molecule has 1 amide bonds. The average Bonchev–Trinajstić information content (AvgIpc) is 3.18. The lowest BCUT2D eigenvalue weighted by atomic mass is 10.0. The molecule has 3 aromatic carbocycles. The summed E-state index contributed by atoms with van der Waals surface area (Å²) in [4.78, 5) is 21.9. The highest BCUT2D eigenvalue weighted by atomic mass is 19.4. The van der Waals surface area contributed by atoms with E-state index < -0.39 is 17.6 Å². The maximum atomic E-state index is 13.6. The second kappa shape index (κ2) is 11.0. The van der Waals surface area contributed by atoms with E-state index in [1.807, 2.05) is 30.3 Å². The van der Waals surface area contributed by atoms with Gasteiger partial charge in [0, 0.05) is 24.2 Å². The zero-order valence-electron chi connectivity index (χ0n) is 21.2. The van der Waals surface area contributed by atoms with Gasteiger partial charge < -0.3 is 9.64 Å². The minimum Gasteiger partial charge on any atom is -0.493 e. The molecule has 0 N–H and O–H groups in total. The van der Waals surface area contributed by atoms with Crippen molar-refractivity contribution in [2.45, 2.75) is 44.8 Å². The Morgan fingerprint density at radius 1 is 1.00 bits per heavy atom. The minimum atomic E-state index is -4.49. The molecule has 5 nitrogen and oxygen atoms in total. The Bertz CT molecular complexity index is 1340. The highest BCUT2D eigenvalue weighted by molar-refractivity contribution is 6.56. The molecule has 0 spiro atoms. The Balaban J connectivity index is 1.34. The number of likely N-dealkylation sites (tertiary alicyclic amines) is 1. The number of ether oxygens (including phenoxy) is 1. The van der Waals surface area contributed by atoms with Gasteiger partial charge in [-0.15, -0.1) is 0 Å². The van der Waals surface area contributed by atoms with Crippen LogP contribution in [0.1, 0.15) is 43.7 Å². The van der Waals surface area contributed by atoms with E-state index in [2.05, 4.69) is 16.8 Å². The molecule has 1 saturated heterocycles. The van der Waals surface area contributed by atoms with E-state index in [1.165, 1.54) is 36.3 Å². The molecule has 0 radical (unpaired) electrons. The molecule has 3 aromatic rings. The number of anilines is 2. The van der Waals surface area contributed by atoms with Gasteiger partial charge in [-0.2, -0.15) is 13.2 Å². The molecule has 5 rings (SSSR count). The van der Waals surface area contributed by atoms with E-state index in [0.717, 1.165) is 31.6 Å². The Morgan fingerprint density at radius 3 is 2.63 bits per heavy atom. The summed E-state index contributed by atoms with van der Waals surface area (Å²) in [5, 5.41) is 0. The monoisotopic (exact) mass is 521 g/mol. The van der Waals surface area contributed by atoms with Crippen LogP contribution in [0.2, 0.25) is 0 Å². The SMILES string of the molecule is CC1CCCCN1CCCOc1cccc(N2C(=O)C(=Nc3cccc(C(F)(F)F)c3)c3ccccc32)c1. The standard InChI is InChI=1S/C30H30F3N3O2/c1-21-9-4-5-16-35(21)17-8-18-38-25-13-7-12-24(20-25)36-27-15-3-2-14-26(27)28(29(36)37)34-23-11-6-10-22(19-23)30(31,32)33/h2-3,6-7,10-15,19-21H,4-5,8-9,16-18H2,1H3. The third-order valence-electron chi connectivity index (χ3n) is 7.09. The Morgan fingerprint density at radius 2 is 1.82 bits per heavy atom. The number of carbonyl (C=O) groups excluding carboxylic acids is 1. The van der Waals surface area contributed by atoms with Crippen LogP contribution >= 0.6 is 0 Å². The lowest BCUT2D eigenvalue weighted by Crippen LogP contribution is -2.38. The topological polar surface area (TPSA) is 45.1 Å². The van der Waals surface area contributed by atoms with Crippen LogP contribution in [0.3, 0.4) is 0 Å². The van der Waals surface area contributed by atoms with Crippen LogP contribution in [-0.2, 0) is 11.0 Å². The van der Waals surface area contributed by atoms with E-state index in [1.54, 1.807) is 18.2 Å². The van der Waals surface area contributed by atoms with E-state index >= 15 is 0 Å². The highest BCUT2D eigenvalue weighted by Crippen LogP contribution is 2.38. The summed E-state index contributed by atoms with van der Waals surface area (Å²) in [5.74, 6) is 0.252. The molecule has 0 aliphatic carbocycles. The van der Waals surface area contributed by atoms with Gasteiger partial charge in [0.2, 0.25) is 0 Å². The van der Waals surface area contributed by atoms with Crippen LogP contribution < -0.4 is 9.64 Å². The number of rotatable bonds is 7. The molecule has 0 aromatic heterocycles. The van der Waals surface area contributed by atoms with Crippen LogP contribution in [0.25, 0.3) is 0 Å². The number of piperidine rings is 1.